The van der Waals surface area contributed by atoms with Gasteiger partial charge in [-0.25, -0.2) is 0 Å². The topological polar surface area (TPSA) is 50.9 Å². The Bertz CT molecular complexity index is 583. The lowest BCUT2D eigenvalue weighted by atomic mass is 9.96. The van der Waals surface area contributed by atoms with Crippen molar-refractivity contribution in [3.8, 4) is 0 Å². The molecular weight excluding hydrogens is 342 g/mol. The molecule has 1 unspecified atom stereocenters. The van der Waals surface area contributed by atoms with Crippen molar-refractivity contribution in [3.63, 3.8) is 0 Å². The van der Waals surface area contributed by atoms with Gasteiger partial charge in [0.15, 0.2) is 5.96 Å². The number of hydrogen-bond acceptors (Lipinski definition) is 4. The van der Waals surface area contributed by atoms with Gasteiger partial charge >= 0.3 is 0 Å². The average Bonchev–Trinajstić information content (AvgIpc) is 2.53. The predicted octanol–water partition coefficient (Wildman–Crippen LogP) is 3.24. The summed E-state index contributed by atoms with van der Waals surface area (Å²) >= 11 is 3.52. The highest BCUT2D eigenvalue weighted by Gasteiger charge is 2.15. The molecule has 4 nitrogen and oxygen atoms in total. The van der Waals surface area contributed by atoms with Gasteiger partial charge in [0.1, 0.15) is 0 Å². The summed E-state index contributed by atoms with van der Waals surface area (Å²) in [5.74, 6) is 0.557. The minimum absolute atomic E-state index is 0.185. The second-order valence-electron chi connectivity index (χ2n) is 5.74. The smallest absolute Gasteiger partial charge is 0.195 e. The summed E-state index contributed by atoms with van der Waals surface area (Å²) in [6.45, 7) is 2.84. The fourth-order valence-corrected chi connectivity index (χ4v) is 3.12. The molecule has 2 rings (SSSR count). The summed E-state index contributed by atoms with van der Waals surface area (Å²) in [4.78, 5) is 6.29. The molecule has 0 spiro atoms. The molecule has 0 fully saturated rings. The highest BCUT2D eigenvalue weighted by Crippen LogP contribution is 2.22. The van der Waals surface area contributed by atoms with Gasteiger partial charge in [-0.3, -0.25) is 4.99 Å². The molecule has 1 aliphatic rings. The minimum atomic E-state index is 0.185. The summed E-state index contributed by atoms with van der Waals surface area (Å²) in [6, 6.07) is 6.41. The van der Waals surface area contributed by atoms with Crippen LogP contribution in [0.4, 0.5) is 0 Å². The van der Waals surface area contributed by atoms with Gasteiger partial charge < -0.3 is 15.4 Å². The van der Waals surface area contributed by atoms with Crippen LogP contribution in [0.5, 0.6) is 0 Å². The number of rotatable bonds is 3. The molecule has 0 bridgehead atoms. The molecule has 1 aromatic rings. The lowest BCUT2D eigenvalue weighted by Gasteiger charge is -2.18. The van der Waals surface area contributed by atoms with Crippen LogP contribution in [0.25, 0.3) is 0 Å². The third kappa shape index (κ3) is 4.58. The van der Waals surface area contributed by atoms with Crippen LogP contribution in [0.3, 0.4) is 0 Å². The molecule has 0 saturated heterocycles. The van der Waals surface area contributed by atoms with Crippen molar-refractivity contribution < 1.29 is 4.74 Å². The Balaban J connectivity index is 2.25. The van der Waals surface area contributed by atoms with E-state index in [-0.39, 0.29) is 6.10 Å². The van der Waals surface area contributed by atoms with Crippen molar-refractivity contribution in [1.29, 1.82) is 0 Å². The number of ether oxygens (including phenoxy) is 1. The maximum Gasteiger partial charge on any atom is 0.195 e. The molecule has 0 saturated carbocycles. The maximum absolute atomic E-state index is 5.99. The van der Waals surface area contributed by atoms with Crippen LogP contribution in [0.2, 0.25) is 0 Å². The standard InChI is InChI=1S/C17H24BrN3O/c1-12-8-15(18)5-4-14(12)9-13-10-16(22-3)6-7-20-17(19)21(2)11-13/h4-5,8,11,16H,6-7,9-10H2,1-3H3,(H2,19,20)/b13-11-. The summed E-state index contributed by atoms with van der Waals surface area (Å²) in [5, 5.41) is 0. The summed E-state index contributed by atoms with van der Waals surface area (Å²) in [7, 11) is 3.71. The van der Waals surface area contributed by atoms with Gasteiger partial charge in [-0.1, -0.05) is 22.0 Å². The number of nitrogens with zero attached hydrogens (tertiary/aromatic N) is 2. The molecule has 1 atom stereocenters. The number of benzene rings is 1. The number of nitrogens with two attached hydrogens (primary N) is 1. The highest BCUT2D eigenvalue weighted by molar-refractivity contribution is 9.10. The van der Waals surface area contributed by atoms with Crippen molar-refractivity contribution in [3.05, 3.63) is 45.6 Å². The van der Waals surface area contributed by atoms with Gasteiger partial charge in [0.2, 0.25) is 0 Å². The Labute approximate surface area is 141 Å². The second-order valence-corrected chi connectivity index (χ2v) is 6.65. The van der Waals surface area contributed by atoms with Crippen LogP contribution >= 0.6 is 15.9 Å². The Morgan fingerprint density at radius 1 is 1.45 bits per heavy atom. The molecule has 22 heavy (non-hydrogen) atoms. The zero-order valence-corrected chi connectivity index (χ0v) is 15.1. The van der Waals surface area contributed by atoms with E-state index in [0.717, 1.165) is 23.7 Å². The van der Waals surface area contributed by atoms with Gasteiger partial charge in [-0.05, 0) is 55.0 Å². The monoisotopic (exact) mass is 365 g/mol. The lowest BCUT2D eigenvalue weighted by molar-refractivity contribution is 0.0973. The van der Waals surface area contributed by atoms with Crippen LogP contribution in [-0.2, 0) is 11.2 Å². The fraction of sp³-hybridized carbons (Fsp3) is 0.471. The van der Waals surface area contributed by atoms with Gasteiger partial charge in [-0.2, -0.15) is 0 Å². The van der Waals surface area contributed by atoms with Crippen molar-refractivity contribution in [2.24, 2.45) is 10.7 Å². The zero-order valence-electron chi connectivity index (χ0n) is 13.5. The first-order valence-electron chi connectivity index (χ1n) is 7.49. The van der Waals surface area contributed by atoms with E-state index >= 15 is 0 Å². The molecule has 1 aromatic carbocycles. The number of guanidine groups is 1. The van der Waals surface area contributed by atoms with E-state index in [1.807, 2.05) is 11.9 Å². The molecule has 1 heterocycles. The molecule has 0 radical (unpaired) electrons. The SMILES string of the molecule is COC1CCN=C(N)N(C)/C=C(/Cc2ccc(Br)cc2C)C1. The lowest BCUT2D eigenvalue weighted by Crippen LogP contribution is -2.30. The Morgan fingerprint density at radius 3 is 2.91 bits per heavy atom. The Morgan fingerprint density at radius 2 is 2.23 bits per heavy atom. The summed E-state index contributed by atoms with van der Waals surface area (Å²) in [5.41, 5.74) is 9.91. The van der Waals surface area contributed by atoms with E-state index in [0.29, 0.717) is 12.5 Å². The van der Waals surface area contributed by atoms with Crippen molar-refractivity contribution in [2.45, 2.75) is 32.3 Å². The first kappa shape index (κ1) is 17.0. The number of hydrogen-bond donors (Lipinski definition) is 1. The number of methoxy groups -OCH3 is 1. The molecule has 0 aliphatic carbocycles. The van der Waals surface area contributed by atoms with Gasteiger partial charge in [0, 0.05) is 31.4 Å². The third-order valence-electron chi connectivity index (χ3n) is 4.01. The number of halogens is 1. The first-order valence-corrected chi connectivity index (χ1v) is 8.29. The normalized spacial score (nSPS) is 22.2. The molecule has 0 aromatic heterocycles. The molecule has 1 aliphatic heterocycles. The maximum atomic E-state index is 5.99. The van der Waals surface area contributed by atoms with Gasteiger partial charge in [-0.15, -0.1) is 0 Å². The fourth-order valence-electron chi connectivity index (χ4n) is 2.64. The second kappa shape index (κ2) is 7.79. The van der Waals surface area contributed by atoms with E-state index in [4.69, 9.17) is 10.5 Å². The number of aryl methyl sites for hydroxylation is 1. The van der Waals surface area contributed by atoms with Gasteiger partial charge in [0.05, 0.1) is 6.10 Å². The molecule has 120 valence electrons. The van der Waals surface area contributed by atoms with Crippen LogP contribution in [-0.4, -0.2) is 37.7 Å². The van der Waals surface area contributed by atoms with Crippen LogP contribution in [0.15, 0.2) is 39.4 Å². The van der Waals surface area contributed by atoms with Crippen LogP contribution < -0.4 is 5.73 Å². The van der Waals surface area contributed by atoms with E-state index in [2.05, 4.69) is 52.2 Å². The van der Waals surface area contributed by atoms with Gasteiger partial charge in [0.25, 0.3) is 0 Å². The van der Waals surface area contributed by atoms with E-state index < -0.39 is 0 Å². The zero-order chi connectivity index (χ0) is 16.1. The Kier molecular flexibility index (Phi) is 6.03. The third-order valence-corrected chi connectivity index (χ3v) is 4.50. The number of aliphatic imine (C=N–C) groups is 1. The largest absolute Gasteiger partial charge is 0.381 e. The highest BCUT2D eigenvalue weighted by atomic mass is 79.9. The minimum Gasteiger partial charge on any atom is -0.381 e. The molecule has 0 amide bonds. The van der Waals surface area contributed by atoms with Crippen LogP contribution in [0, 0.1) is 6.92 Å². The van der Waals surface area contributed by atoms with E-state index in [1.165, 1.54) is 16.7 Å². The summed E-state index contributed by atoms with van der Waals surface area (Å²) in [6.07, 6.45) is 4.97. The van der Waals surface area contributed by atoms with E-state index in [1.54, 1.807) is 7.11 Å². The van der Waals surface area contributed by atoms with E-state index in [9.17, 15) is 0 Å². The first-order chi connectivity index (χ1) is 10.5. The molecule has 5 heteroatoms. The van der Waals surface area contributed by atoms with Crippen molar-refractivity contribution in [1.82, 2.24) is 4.90 Å². The molecule has 2 N–H and O–H groups in total. The van der Waals surface area contributed by atoms with Crippen molar-refractivity contribution >= 4 is 21.9 Å². The quantitative estimate of drug-likeness (QED) is 0.894. The average molecular weight is 366 g/mol. The summed E-state index contributed by atoms with van der Waals surface area (Å²) < 4.78 is 6.70. The van der Waals surface area contributed by atoms with Crippen LogP contribution in [0.1, 0.15) is 24.0 Å². The Hall–Kier alpha value is -1.33. The van der Waals surface area contributed by atoms with Crippen molar-refractivity contribution in [2.75, 3.05) is 20.7 Å². The predicted molar refractivity (Wildman–Crippen MR) is 94.9 cm³/mol. The molecular formula is C17H24BrN3O.